The highest BCUT2D eigenvalue weighted by Crippen LogP contribution is 2.16. The van der Waals surface area contributed by atoms with Crippen molar-refractivity contribution in [2.24, 2.45) is 0 Å². The molecule has 2 N–H and O–H groups in total. The Morgan fingerprint density at radius 3 is 2.76 bits per heavy atom. The predicted octanol–water partition coefficient (Wildman–Crippen LogP) is 2.06. The van der Waals surface area contributed by atoms with Crippen LogP contribution in [-0.4, -0.2) is 26.8 Å². The molecule has 6 nitrogen and oxygen atoms in total. The van der Waals surface area contributed by atoms with Crippen molar-refractivity contribution in [1.82, 2.24) is 9.78 Å². The summed E-state index contributed by atoms with van der Waals surface area (Å²) in [6.45, 7) is 1.39. The summed E-state index contributed by atoms with van der Waals surface area (Å²) in [6.07, 6.45) is 2.36. The van der Waals surface area contributed by atoms with E-state index < -0.39 is 29.6 Å². The number of hydrogen-bond acceptors (Lipinski definition) is 3. The van der Waals surface area contributed by atoms with Crippen LogP contribution in [0.1, 0.15) is 23.3 Å². The van der Waals surface area contributed by atoms with Crippen molar-refractivity contribution in [3.05, 3.63) is 47.8 Å². The lowest BCUT2D eigenvalue weighted by atomic mass is 10.2. The monoisotopic (exact) mass is 295 g/mol. The third-order valence-corrected chi connectivity index (χ3v) is 2.79. The molecule has 0 radical (unpaired) electrons. The fraction of sp³-hybridized carbons (Fsp3) is 0.154. The van der Waals surface area contributed by atoms with E-state index in [2.05, 4.69) is 10.4 Å². The molecule has 0 saturated heterocycles. The van der Waals surface area contributed by atoms with Gasteiger partial charge in [0.1, 0.15) is 17.7 Å². The minimum Gasteiger partial charge on any atom is -0.480 e. The number of nitrogens with zero attached hydrogens (tertiary/aromatic N) is 2. The number of carbonyl (C=O) groups excluding carboxylic acids is 1. The molecule has 1 aromatic carbocycles. The van der Waals surface area contributed by atoms with E-state index in [4.69, 9.17) is 5.11 Å². The second-order valence-corrected chi connectivity index (χ2v) is 4.30. The highest BCUT2D eigenvalue weighted by Gasteiger charge is 2.17. The summed E-state index contributed by atoms with van der Waals surface area (Å²) < 4.78 is 27.5. The average molecular weight is 295 g/mol. The van der Waals surface area contributed by atoms with Crippen LogP contribution in [0.25, 0.3) is 0 Å². The zero-order valence-corrected chi connectivity index (χ0v) is 10.9. The molecule has 0 saturated carbocycles. The number of carboxylic acids is 1. The van der Waals surface area contributed by atoms with Gasteiger partial charge in [0.2, 0.25) is 0 Å². The number of rotatable bonds is 4. The first-order valence-electron chi connectivity index (χ1n) is 5.92. The quantitative estimate of drug-likeness (QED) is 0.904. The average Bonchev–Trinajstić information content (AvgIpc) is 2.91. The minimum atomic E-state index is -1.11. The van der Waals surface area contributed by atoms with Gasteiger partial charge in [-0.3, -0.25) is 9.48 Å². The van der Waals surface area contributed by atoms with Crippen LogP contribution in [-0.2, 0) is 4.79 Å². The van der Waals surface area contributed by atoms with Gasteiger partial charge in [-0.2, -0.15) is 5.10 Å². The van der Waals surface area contributed by atoms with Gasteiger partial charge in [-0.1, -0.05) is 0 Å². The van der Waals surface area contributed by atoms with E-state index >= 15 is 0 Å². The van der Waals surface area contributed by atoms with Gasteiger partial charge >= 0.3 is 5.97 Å². The molecule has 8 heteroatoms. The maximum absolute atomic E-state index is 13.4. The highest BCUT2D eigenvalue weighted by molar-refractivity contribution is 6.04. The molecule has 0 aliphatic heterocycles. The van der Waals surface area contributed by atoms with Gasteiger partial charge in [-0.15, -0.1) is 0 Å². The summed E-state index contributed by atoms with van der Waals surface area (Å²) in [7, 11) is 0. The fourth-order valence-electron chi connectivity index (χ4n) is 1.57. The zero-order valence-electron chi connectivity index (χ0n) is 10.9. The zero-order chi connectivity index (χ0) is 15.6. The van der Waals surface area contributed by atoms with Crippen molar-refractivity contribution >= 4 is 17.6 Å². The van der Waals surface area contributed by atoms with Crippen LogP contribution < -0.4 is 5.32 Å². The Hall–Kier alpha value is -2.77. The smallest absolute Gasteiger partial charge is 0.328 e. The van der Waals surface area contributed by atoms with Gasteiger partial charge < -0.3 is 10.4 Å². The summed E-state index contributed by atoms with van der Waals surface area (Å²) in [4.78, 5) is 22.7. The maximum Gasteiger partial charge on any atom is 0.328 e. The Kier molecular flexibility index (Phi) is 3.97. The predicted molar refractivity (Wildman–Crippen MR) is 68.9 cm³/mol. The lowest BCUT2D eigenvalue weighted by Crippen LogP contribution is -2.16. The molecule has 0 bridgehead atoms. The van der Waals surface area contributed by atoms with Crippen LogP contribution in [0.3, 0.4) is 0 Å². The Labute approximate surface area is 118 Å². The molecular formula is C13H11F2N3O3. The number of nitrogens with one attached hydrogen (secondary N) is 1. The molecule has 2 rings (SSSR count). The molecule has 1 atom stereocenters. The van der Waals surface area contributed by atoms with Crippen LogP contribution in [0, 0.1) is 11.6 Å². The SMILES string of the molecule is CC(C(=O)O)n1cc(C(=O)Nc2cc(F)ccc2F)cn1. The van der Waals surface area contributed by atoms with E-state index in [1.807, 2.05) is 0 Å². The third-order valence-electron chi connectivity index (χ3n) is 2.79. The van der Waals surface area contributed by atoms with E-state index in [9.17, 15) is 18.4 Å². The number of carbonyl (C=O) groups is 2. The molecule has 0 spiro atoms. The number of aliphatic carboxylic acids is 1. The molecule has 2 aromatic rings. The number of amides is 1. The third kappa shape index (κ3) is 3.22. The summed E-state index contributed by atoms with van der Waals surface area (Å²) in [5.74, 6) is -3.30. The Morgan fingerprint density at radius 2 is 2.10 bits per heavy atom. The van der Waals surface area contributed by atoms with Gasteiger partial charge in [0, 0.05) is 12.3 Å². The Balaban J connectivity index is 2.17. The number of carboxylic acid groups (broad SMARTS) is 1. The fourth-order valence-corrected chi connectivity index (χ4v) is 1.57. The lowest BCUT2D eigenvalue weighted by molar-refractivity contribution is -0.140. The van der Waals surface area contributed by atoms with Crippen LogP contribution in [0.15, 0.2) is 30.6 Å². The van der Waals surface area contributed by atoms with Crippen LogP contribution in [0.2, 0.25) is 0 Å². The molecule has 1 amide bonds. The number of hydrogen-bond donors (Lipinski definition) is 2. The molecule has 1 unspecified atom stereocenters. The highest BCUT2D eigenvalue weighted by atomic mass is 19.1. The van der Waals surface area contributed by atoms with Gasteiger partial charge in [0.25, 0.3) is 5.91 Å². The summed E-state index contributed by atoms with van der Waals surface area (Å²) in [5, 5.41) is 14.8. The van der Waals surface area contributed by atoms with E-state index in [1.54, 1.807) is 0 Å². The van der Waals surface area contributed by atoms with Crippen molar-refractivity contribution in [1.29, 1.82) is 0 Å². The maximum atomic E-state index is 13.4. The summed E-state index contributed by atoms with van der Waals surface area (Å²) in [5.41, 5.74) is -0.272. The van der Waals surface area contributed by atoms with E-state index in [-0.39, 0.29) is 11.3 Å². The van der Waals surface area contributed by atoms with Crippen molar-refractivity contribution in [2.75, 3.05) is 5.32 Å². The Bertz CT molecular complexity index is 700. The van der Waals surface area contributed by atoms with E-state index in [0.717, 1.165) is 29.1 Å². The number of halogens is 2. The minimum absolute atomic E-state index is 0.0340. The molecule has 1 aromatic heterocycles. The normalized spacial score (nSPS) is 12.0. The van der Waals surface area contributed by atoms with E-state index in [0.29, 0.717) is 0 Å². The first-order valence-corrected chi connectivity index (χ1v) is 5.92. The molecule has 1 heterocycles. The van der Waals surface area contributed by atoms with Gasteiger partial charge in [-0.25, -0.2) is 13.6 Å². The molecule has 0 aliphatic carbocycles. The largest absolute Gasteiger partial charge is 0.480 e. The van der Waals surface area contributed by atoms with Crippen molar-refractivity contribution in [3.8, 4) is 0 Å². The molecular weight excluding hydrogens is 284 g/mol. The van der Waals surface area contributed by atoms with E-state index in [1.165, 1.54) is 13.1 Å². The molecule has 0 fully saturated rings. The van der Waals surface area contributed by atoms with Crippen molar-refractivity contribution in [3.63, 3.8) is 0 Å². The number of aromatic nitrogens is 2. The number of anilines is 1. The first kappa shape index (κ1) is 14.6. The van der Waals surface area contributed by atoms with Crippen LogP contribution >= 0.6 is 0 Å². The molecule has 0 aliphatic rings. The van der Waals surface area contributed by atoms with Crippen LogP contribution in [0.4, 0.5) is 14.5 Å². The second-order valence-electron chi connectivity index (χ2n) is 4.30. The standard InChI is InChI=1S/C13H11F2N3O3/c1-7(13(20)21)18-6-8(5-16-18)12(19)17-11-4-9(14)2-3-10(11)15/h2-7H,1H3,(H,17,19)(H,20,21). The Morgan fingerprint density at radius 1 is 1.38 bits per heavy atom. The topological polar surface area (TPSA) is 84.2 Å². The summed E-state index contributed by atoms with van der Waals surface area (Å²) >= 11 is 0. The van der Waals surface area contributed by atoms with Gasteiger partial charge in [0.15, 0.2) is 0 Å². The molecule has 21 heavy (non-hydrogen) atoms. The van der Waals surface area contributed by atoms with Crippen LogP contribution in [0.5, 0.6) is 0 Å². The van der Waals surface area contributed by atoms with Gasteiger partial charge in [0.05, 0.1) is 17.4 Å². The van der Waals surface area contributed by atoms with Crippen molar-refractivity contribution in [2.45, 2.75) is 13.0 Å². The number of benzene rings is 1. The molecule has 110 valence electrons. The first-order chi connectivity index (χ1) is 9.88. The van der Waals surface area contributed by atoms with Crippen molar-refractivity contribution < 1.29 is 23.5 Å². The lowest BCUT2D eigenvalue weighted by Gasteiger charge is -2.06. The summed E-state index contributed by atoms with van der Waals surface area (Å²) in [6, 6.07) is 1.72. The van der Waals surface area contributed by atoms with Gasteiger partial charge in [-0.05, 0) is 19.1 Å². The second kappa shape index (κ2) is 5.70.